The molecule has 3 heterocycles. The molecule has 0 spiro atoms. The molecule has 15 heteroatoms. The van der Waals surface area contributed by atoms with Gasteiger partial charge in [0.2, 0.25) is 0 Å². The highest BCUT2D eigenvalue weighted by atomic mass is 32.1. The first-order chi connectivity index (χ1) is 24.9. The van der Waals surface area contributed by atoms with E-state index in [2.05, 4.69) is 34.1 Å². The van der Waals surface area contributed by atoms with Crippen molar-refractivity contribution in [2.75, 3.05) is 53.0 Å². The fourth-order valence-corrected chi connectivity index (χ4v) is 7.03. The lowest BCUT2D eigenvalue weighted by atomic mass is 9.96. The van der Waals surface area contributed by atoms with E-state index < -0.39 is 23.9 Å². The number of fused-ring (bicyclic) bond motifs is 1. The first-order valence-electron chi connectivity index (χ1n) is 16.4. The Bertz CT molecular complexity index is 1850. The molecule has 2 aliphatic rings. The van der Waals surface area contributed by atoms with Crippen molar-refractivity contribution >= 4 is 51.1 Å². The normalized spacial score (nSPS) is 14.4. The number of carbonyl (C=O) groups is 5. The maximum absolute atomic E-state index is 14.1. The minimum atomic E-state index is -1.82. The SMILES string of the molecule is COc1cc(C(=O)c2c(-c3ccc(CCN4CCCC4)cc3)sc3cc(O)ccc23)ccc1CN1CCOCC1.O=C(O)C(=O)O.O=C(O)C(=O)O. The summed E-state index contributed by atoms with van der Waals surface area (Å²) in [6.45, 7) is 7.51. The number of methoxy groups -OCH3 is 1. The van der Waals surface area contributed by atoms with Crippen molar-refractivity contribution in [1.29, 1.82) is 0 Å². The highest BCUT2D eigenvalue weighted by Crippen LogP contribution is 2.41. The zero-order valence-corrected chi connectivity index (χ0v) is 29.3. The van der Waals surface area contributed by atoms with Crippen molar-refractivity contribution in [1.82, 2.24) is 9.80 Å². The lowest BCUT2D eigenvalue weighted by molar-refractivity contribution is -0.159. The molecule has 0 aliphatic carbocycles. The van der Waals surface area contributed by atoms with Gasteiger partial charge in [0.25, 0.3) is 0 Å². The summed E-state index contributed by atoms with van der Waals surface area (Å²) in [4.78, 5) is 56.3. The van der Waals surface area contributed by atoms with Gasteiger partial charge in [-0.1, -0.05) is 36.4 Å². The zero-order chi connectivity index (χ0) is 37.8. The number of hydrogen-bond donors (Lipinski definition) is 5. The van der Waals surface area contributed by atoms with E-state index in [0.717, 1.165) is 77.7 Å². The number of likely N-dealkylation sites (tertiary alicyclic amines) is 1. The molecule has 2 fully saturated rings. The summed E-state index contributed by atoms with van der Waals surface area (Å²) >= 11 is 1.55. The van der Waals surface area contributed by atoms with E-state index in [1.807, 2.05) is 24.3 Å². The molecule has 0 unspecified atom stereocenters. The van der Waals surface area contributed by atoms with Crippen molar-refractivity contribution in [3.05, 3.63) is 82.9 Å². The van der Waals surface area contributed by atoms with E-state index in [1.165, 1.54) is 31.5 Å². The smallest absolute Gasteiger partial charge is 0.414 e. The van der Waals surface area contributed by atoms with Gasteiger partial charge in [0, 0.05) is 57.8 Å². The summed E-state index contributed by atoms with van der Waals surface area (Å²) in [5.74, 6) is -6.42. The molecule has 0 atom stereocenters. The molecule has 52 heavy (non-hydrogen) atoms. The van der Waals surface area contributed by atoms with Gasteiger partial charge in [-0.2, -0.15) is 0 Å². The lowest BCUT2D eigenvalue weighted by Crippen LogP contribution is -2.35. The number of hydrogen-bond acceptors (Lipinski definition) is 11. The number of carboxylic acid groups (broad SMARTS) is 4. The van der Waals surface area contributed by atoms with Gasteiger partial charge in [-0.3, -0.25) is 9.69 Å². The molecular formula is C37H40N2O12S. The van der Waals surface area contributed by atoms with Crippen LogP contribution in [0.5, 0.6) is 11.5 Å². The number of benzene rings is 3. The molecule has 6 rings (SSSR count). The maximum Gasteiger partial charge on any atom is 0.414 e. The van der Waals surface area contributed by atoms with Gasteiger partial charge < -0.3 is 39.9 Å². The Morgan fingerprint density at radius 3 is 1.96 bits per heavy atom. The molecule has 2 saturated heterocycles. The first-order valence-corrected chi connectivity index (χ1v) is 17.2. The molecule has 5 N–H and O–H groups in total. The second-order valence-electron chi connectivity index (χ2n) is 11.9. The van der Waals surface area contributed by atoms with E-state index >= 15 is 0 Å². The standard InChI is InChI=1S/C33H36N2O4S.2C2H2O4/c1-38-29-20-25(8-9-26(29)22-35-16-18-39-19-17-35)32(37)31-28-11-10-27(36)21-30(28)40-33(31)24-6-4-23(5-7-24)12-15-34-13-2-3-14-34;2*3-1(4)2(5)6/h4-11,20-21,36H,2-3,12-19,22H2,1H3;2*(H,3,4)(H,5,6). The van der Waals surface area contributed by atoms with Crippen LogP contribution in [0.2, 0.25) is 0 Å². The average molecular weight is 737 g/mol. The molecule has 2 aliphatic heterocycles. The van der Waals surface area contributed by atoms with E-state index in [1.54, 1.807) is 30.6 Å². The third-order valence-electron chi connectivity index (χ3n) is 8.45. The summed E-state index contributed by atoms with van der Waals surface area (Å²) < 4.78 is 12.1. The highest BCUT2D eigenvalue weighted by Gasteiger charge is 2.23. The number of thiophene rings is 1. The molecule has 0 amide bonds. The molecule has 0 radical (unpaired) electrons. The predicted octanol–water partition coefficient (Wildman–Crippen LogP) is 4.30. The van der Waals surface area contributed by atoms with E-state index in [0.29, 0.717) is 11.1 Å². The number of aliphatic carboxylic acids is 4. The molecule has 0 saturated carbocycles. The Kier molecular flexibility index (Phi) is 14.2. The number of rotatable bonds is 9. The lowest BCUT2D eigenvalue weighted by Gasteiger charge is -2.27. The van der Waals surface area contributed by atoms with Crippen molar-refractivity contribution in [2.24, 2.45) is 0 Å². The van der Waals surface area contributed by atoms with Crippen molar-refractivity contribution < 1.29 is 59.0 Å². The summed E-state index contributed by atoms with van der Waals surface area (Å²) in [7, 11) is 1.66. The Morgan fingerprint density at radius 2 is 1.38 bits per heavy atom. The van der Waals surface area contributed by atoms with Crippen molar-refractivity contribution in [2.45, 2.75) is 25.8 Å². The molecule has 0 bridgehead atoms. The number of nitrogens with zero attached hydrogens (tertiary/aromatic N) is 2. The van der Waals surface area contributed by atoms with Crippen LogP contribution >= 0.6 is 11.3 Å². The second-order valence-corrected chi connectivity index (χ2v) is 13.0. The monoisotopic (exact) mass is 736 g/mol. The van der Waals surface area contributed by atoms with E-state index in [-0.39, 0.29) is 11.5 Å². The van der Waals surface area contributed by atoms with Gasteiger partial charge in [-0.25, -0.2) is 19.2 Å². The summed E-state index contributed by atoms with van der Waals surface area (Å²) in [6.07, 6.45) is 3.64. The van der Waals surface area contributed by atoms with Crippen LogP contribution in [0, 0.1) is 0 Å². The molecule has 276 valence electrons. The van der Waals surface area contributed by atoms with E-state index in [4.69, 9.17) is 49.1 Å². The second kappa shape index (κ2) is 18.8. The molecule has 14 nitrogen and oxygen atoms in total. The fourth-order valence-electron chi connectivity index (χ4n) is 5.79. The van der Waals surface area contributed by atoms with Crippen molar-refractivity contribution in [3.8, 4) is 21.9 Å². The van der Waals surface area contributed by atoms with Crippen LogP contribution < -0.4 is 4.74 Å². The number of aromatic hydroxyl groups is 1. The number of morpholine rings is 1. The first kappa shape index (κ1) is 39.4. The largest absolute Gasteiger partial charge is 0.508 e. The Hall–Kier alpha value is -5.35. The minimum Gasteiger partial charge on any atom is -0.508 e. The third kappa shape index (κ3) is 10.8. The van der Waals surface area contributed by atoms with Gasteiger partial charge in [0.15, 0.2) is 5.78 Å². The predicted molar refractivity (Wildman–Crippen MR) is 191 cm³/mol. The zero-order valence-electron chi connectivity index (χ0n) is 28.4. The Balaban J connectivity index is 0.000000436. The van der Waals surface area contributed by atoms with Crippen LogP contribution in [0.4, 0.5) is 0 Å². The number of carboxylic acids is 4. The quantitative estimate of drug-likeness (QED) is 0.120. The number of phenolic OH excluding ortho intramolecular Hbond substituents is 1. The highest BCUT2D eigenvalue weighted by molar-refractivity contribution is 7.22. The maximum atomic E-state index is 14.1. The van der Waals surface area contributed by atoms with Crippen LogP contribution in [0.15, 0.2) is 60.7 Å². The number of ether oxygens (including phenoxy) is 2. The van der Waals surface area contributed by atoms with E-state index in [9.17, 15) is 9.90 Å². The van der Waals surface area contributed by atoms with Gasteiger partial charge in [0.1, 0.15) is 11.5 Å². The minimum absolute atomic E-state index is 0.0405. The number of phenols is 1. The third-order valence-corrected chi connectivity index (χ3v) is 9.65. The fraction of sp³-hybridized carbons (Fsp3) is 0.324. The molecular weight excluding hydrogens is 696 g/mol. The van der Waals surface area contributed by atoms with Crippen LogP contribution in [0.1, 0.15) is 39.9 Å². The van der Waals surface area contributed by atoms with Gasteiger partial charge in [-0.15, -0.1) is 11.3 Å². The Morgan fingerprint density at radius 1 is 0.769 bits per heavy atom. The summed E-state index contributed by atoms with van der Waals surface area (Å²) in [5, 5.41) is 40.6. The van der Waals surface area contributed by atoms with Gasteiger partial charge in [0.05, 0.1) is 20.3 Å². The Labute approximate surface area is 303 Å². The van der Waals surface area contributed by atoms with Crippen molar-refractivity contribution in [3.63, 3.8) is 0 Å². The van der Waals surface area contributed by atoms with Gasteiger partial charge >= 0.3 is 23.9 Å². The van der Waals surface area contributed by atoms with Crippen LogP contribution in [-0.2, 0) is 36.9 Å². The molecule has 1 aromatic heterocycles. The van der Waals surface area contributed by atoms with Crippen LogP contribution in [0.3, 0.4) is 0 Å². The average Bonchev–Trinajstić information content (AvgIpc) is 3.80. The van der Waals surface area contributed by atoms with Crippen LogP contribution in [-0.4, -0.2) is 118 Å². The van der Waals surface area contributed by atoms with Gasteiger partial charge in [-0.05, 0) is 67.7 Å². The molecule has 3 aromatic carbocycles. The number of carbonyl (C=O) groups excluding carboxylic acids is 1. The topological polar surface area (TPSA) is 211 Å². The number of ketones is 1. The summed E-state index contributed by atoms with van der Waals surface area (Å²) in [5.41, 5.74) is 4.66. The summed E-state index contributed by atoms with van der Waals surface area (Å²) in [6, 6.07) is 19.7. The van der Waals surface area contributed by atoms with Crippen LogP contribution in [0.25, 0.3) is 20.5 Å². The molecule has 4 aromatic rings.